The van der Waals surface area contributed by atoms with Crippen LogP contribution in [0.15, 0.2) is 85.3 Å². The number of ether oxygens (including phenoxy) is 2. The summed E-state index contributed by atoms with van der Waals surface area (Å²) in [6.07, 6.45) is 6.23. The zero-order valence-corrected chi connectivity index (χ0v) is 23.0. The van der Waals surface area contributed by atoms with E-state index in [9.17, 15) is 5.26 Å². The highest BCUT2D eigenvalue weighted by atomic mass is 16.5. The van der Waals surface area contributed by atoms with Crippen molar-refractivity contribution in [2.45, 2.75) is 26.3 Å². The Bertz CT molecular complexity index is 1640. The third-order valence-corrected chi connectivity index (χ3v) is 7.04. The van der Waals surface area contributed by atoms with Crippen molar-refractivity contribution >= 4 is 22.3 Å². The minimum absolute atomic E-state index is 0.336. The van der Waals surface area contributed by atoms with Crippen molar-refractivity contribution in [3.05, 3.63) is 102 Å². The fourth-order valence-electron chi connectivity index (χ4n) is 4.91. The lowest BCUT2D eigenvalue weighted by Crippen LogP contribution is -2.31. The second-order valence-corrected chi connectivity index (χ2v) is 9.78. The van der Waals surface area contributed by atoms with Crippen LogP contribution in [0.2, 0.25) is 0 Å². The van der Waals surface area contributed by atoms with Gasteiger partial charge in [-0.2, -0.15) is 5.26 Å². The van der Waals surface area contributed by atoms with Crippen LogP contribution in [0.3, 0.4) is 0 Å². The van der Waals surface area contributed by atoms with Gasteiger partial charge in [-0.1, -0.05) is 36.4 Å². The van der Waals surface area contributed by atoms with Crippen LogP contribution in [0.5, 0.6) is 11.5 Å². The van der Waals surface area contributed by atoms with Crippen LogP contribution < -0.4 is 20.1 Å². The molecule has 0 aliphatic carbocycles. The molecule has 0 aliphatic rings. The summed E-state index contributed by atoms with van der Waals surface area (Å²) >= 11 is 0. The van der Waals surface area contributed by atoms with Gasteiger partial charge in [-0.05, 0) is 67.3 Å². The van der Waals surface area contributed by atoms with Crippen LogP contribution >= 0.6 is 0 Å². The van der Waals surface area contributed by atoms with Gasteiger partial charge in [0.25, 0.3) is 0 Å². The van der Waals surface area contributed by atoms with E-state index in [4.69, 9.17) is 9.47 Å². The number of hydrogen-bond donors (Lipinski definition) is 3. The monoisotopic (exact) mass is 531 g/mol. The maximum atomic E-state index is 9.88. The number of nitriles is 1. The fraction of sp³-hybridized carbons (Fsp3) is 0.212. The molecule has 1 unspecified atom stereocenters. The normalized spacial score (nSPS) is 11.7. The predicted molar refractivity (Wildman–Crippen MR) is 160 cm³/mol. The third kappa shape index (κ3) is 5.93. The van der Waals surface area contributed by atoms with Crippen molar-refractivity contribution in [2.75, 3.05) is 25.6 Å². The average molecular weight is 532 g/mol. The Morgan fingerprint density at radius 1 is 1.02 bits per heavy atom. The zero-order chi connectivity index (χ0) is 27.9. The first-order valence-electron chi connectivity index (χ1n) is 13.4. The summed E-state index contributed by atoms with van der Waals surface area (Å²) in [6.45, 7) is 5.47. The van der Waals surface area contributed by atoms with Gasteiger partial charge >= 0.3 is 0 Å². The van der Waals surface area contributed by atoms with E-state index in [0.717, 1.165) is 39.7 Å². The molecular formula is C33H33N5O2. The molecule has 0 radical (unpaired) electrons. The Hall–Kier alpha value is -4.80. The summed E-state index contributed by atoms with van der Waals surface area (Å²) in [4.78, 5) is 7.58. The number of aryl methyl sites for hydroxylation is 1. The Labute approximate surface area is 234 Å². The summed E-state index contributed by atoms with van der Waals surface area (Å²) in [7, 11) is 1.63. The Morgan fingerprint density at radius 3 is 2.67 bits per heavy atom. The van der Waals surface area contributed by atoms with Gasteiger partial charge in [-0.3, -0.25) is 4.98 Å². The molecule has 0 spiro atoms. The molecule has 40 heavy (non-hydrogen) atoms. The molecule has 202 valence electrons. The lowest BCUT2D eigenvalue weighted by atomic mass is 10.0. The molecule has 3 aromatic carbocycles. The molecule has 0 aliphatic heterocycles. The van der Waals surface area contributed by atoms with Crippen molar-refractivity contribution in [1.29, 1.82) is 5.26 Å². The minimum Gasteiger partial charge on any atom is -0.493 e. The lowest BCUT2D eigenvalue weighted by Gasteiger charge is -2.18. The number of H-pyrrole nitrogens is 1. The largest absolute Gasteiger partial charge is 0.493 e. The molecule has 2 heterocycles. The van der Waals surface area contributed by atoms with E-state index in [-0.39, 0.29) is 0 Å². The number of hydrogen-bond acceptors (Lipinski definition) is 6. The first kappa shape index (κ1) is 26.8. The number of aromatic amines is 1. The third-order valence-electron chi connectivity index (χ3n) is 7.04. The Balaban J connectivity index is 1.31. The number of nitrogens with one attached hydrogen (secondary N) is 3. The molecule has 3 N–H and O–H groups in total. The highest BCUT2D eigenvalue weighted by Gasteiger charge is 2.16. The molecule has 0 saturated carbocycles. The van der Waals surface area contributed by atoms with Crippen LogP contribution in [-0.2, 0) is 6.42 Å². The SMILES string of the molecule is COc1cc(-c2cncc(C#N)c2Nc2ccc3[nH]ccc3c2C)ccc1OCCNC(C)Cc1ccccc1. The van der Waals surface area contributed by atoms with Gasteiger partial charge in [0.15, 0.2) is 11.5 Å². The molecule has 0 amide bonds. The Kier molecular flexibility index (Phi) is 8.29. The lowest BCUT2D eigenvalue weighted by molar-refractivity contribution is 0.287. The van der Waals surface area contributed by atoms with Crippen molar-refractivity contribution in [3.63, 3.8) is 0 Å². The van der Waals surface area contributed by atoms with Crippen molar-refractivity contribution < 1.29 is 9.47 Å². The van der Waals surface area contributed by atoms with E-state index in [2.05, 4.69) is 70.9 Å². The van der Waals surface area contributed by atoms with Crippen LogP contribution in [0, 0.1) is 18.3 Å². The molecule has 5 rings (SSSR count). The van der Waals surface area contributed by atoms with Crippen molar-refractivity contribution in [2.24, 2.45) is 0 Å². The summed E-state index contributed by atoms with van der Waals surface area (Å²) in [5.74, 6) is 1.28. The number of methoxy groups -OCH3 is 1. The average Bonchev–Trinajstić information content (AvgIpc) is 3.47. The Morgan fingerprint density at radius 2 is 1.88 bits per heavy atom. The molecule has 0 fully saturated rings. The first-order valence-corrected chi connectivity index (χ1v) is 13.4. The molecule has 0 saturated heterocycles. The van der Waals surface area contributed by atoms with Gasteiger partial charge in [0, 0.05) is 53.3 Å². The summed E-state index contributed by atoms with van der Waals surface area (Å²) in [5.41, 5.74) is 7.23. The van der Waals surface area contributed by atoms with Crippen molar-refractivity contribution in [1.82, 2.24) is 15.3 Å². The van der Waals surface area contributed by atoms with Crippen LogP contribution in [-0.4, -0.2) is 36.3 Å². The molecule has 0 bridgehead atoms. The van der Waals surface area contributed by atoms with Gasteiger partial charge in [0.1, 0.15) is 12.7 Å². The van der Waals surface area contributed by atoms with Crippen LogP contribution in [0.4, 0.5) is 11.4 Å². The molecule has 1 atom stereocenters. The van der Waals surface area contributed by atoms with Gasteiger partial charge in [-0.15, -0.1) is 0 Å². The number of pyridine rings is 1. The fourth-order valence-corrected chi connectivity index (χ4v) is 4.91. The number of fused-ring (bicyclic) bond motifs is 1. The molecule has 7 nitrogen and oxygen atoms in total. The van der Waals surface area contributed by atoms with Gasteiger partial charge in [0.05, 0.1) is 18.4 Å². The number of aromatic nitrogens is 2. The number of nitrogens with zero attached hydrogens (tertiary/aromatic N) is 2. The van der Waals surface area contributed by atoms with Gasteiger partial charge < -0.3 is 25.1 Å². The summed E-state index contributed by atoms with van der Waals surface area (Å²) in [6, 6.07) is 25.0. The second-order valence-electron chi connectivity index (χ2n) is 9.78. The van der Waals surface area contributed by atoms with E-state index >= 15 is 0 Å². The summed E-state index contributed by atoms with van der Waals surface area (Å²) < 4.78 is 11.7. The highest BCUT2D eigenvalue weighted by molar-refractivity contribution is 5.91. The number of anilines is 2. The maximum absolute atomic E-state index is 9.88. The molecule has 7 heteroatoms. The number of rotatable bonds is 11. The standard InChI is InChI=1S/C33H33N5O2/c1-22(17-24-7-5-4-6-8-24)36-15-16-40-31-12-9-25(18-32(31)39-3)28-21-35-20-26(19-34)33(28)38-29-10-11-30-27(23(29)2)13-14-37-30/h4-14,18,20-22,36-37H,15-17H2,1-3H3,(H,35,38). The van der Waals surface area contributed by atoms with Gasteiger partial charge in [0.2, 0.25) is 0 Å². The zero-order valence-electron chi connectivity index (χ0n) is 23.0. The first-order chi connectivity index (χ1) is 19.6. The maximum Gasteiger partial charge on any atom is 0.161 e. The quantitative estimate of drug-likeness (QED) is 0.163. The number of benzene rings is 3. The summed E-state index contributed by atoms with van der Waals surface area (Å²) in [5, 5.41) is 18.0. The predicted octanol–water partition coefficient (Wildman–Crippen LogP) is 6.76. The molecule has 2 aromatic heterocycles. The van der Waals surface area contributed by atoms with E-state index in [0.29, 0.717) is 41.9 Å². The van der Waals surface area contributed by atoms with Crippen LogP contribution in [0.25, 0.3) is 22.0 Å². The minimum atomic E-state index is 0.336. The second kappa shape index (κ2) is 12.4. The molecular weight excluding hydrogens is 498 g/mol. The topological polar surface area (TPSA) is 95.0 Å². The van der Waals surface area contributed by atoms with Gasteiger partial charge in [-0.25, -0.2) is 0 Å². The van der Waals surface area contributed by atoms with Crippen LogP contribution in [0.1, 0.15) is 23.6 Å². The van der Waals surface area contributed by atoms with E-state index in [1.165, 1.54) is 5.56 Å². The highest BCUT2D eigenvalue weighted by Crippen LogP contribution is 2.38. The van der Waals surface area contributed by atoms with E-state index in [1.807, 2.05) is 42.6 Å². The smallest absolute Gasteiger partial charge is 0.161 e. The van der Waals surface area contributed by atoms with E-state index in [1.54, 1.807) is 19.5 Å². The molecule has 5 aromatic rings. The van der Waals surface area contributed by atoms with E-state index < -0.39 is 0 Å². The van der Waals surface area contributed by atoms with Crippen molar-refractivity contribution in [3.8, 4) is 28.7 Å².